The van der Waals surface area contributed by atoms with Crippen molar-refractivity contribution >= 4 is 11.8 Å². The highest BCUT2D eigenvalue weighted by Crippen LogP contribution is 2.47. The number of carbonyl (C=O) groups excluding carboxylic acids is 1. The van der Waals surface area contributed by atoms with Gasteiger partial charge in [0.1, 0.15) is 11.8 Å². The van der Waals surface area contributed by atoms with Gasteiger partial charge in [0.2, 0.25) is 0 Å². The molecule has 3 N–H and O–H groups in total. The molecule has 3 aromatic rings. The molecule has 19 heteroatoms. The monoisotopic (exact) mass is 712 g/mol. The fourth-order valence-corrected chi connectivity index (χ4v) is 5.66. The van der Waals surface area contributed by atoms with E-state index in [-0.39, 0.29) is 49.2 Å². The normalized spacial score (nSPS) is 19.8. The minimum absolute atomic E-state index is 0.00490. The molecular formula is C30H33F9N6O4. The smallest absolute Gasteiger partial charge is 0.416 e. The lowest BCUT2D eigenvalue weighted by Gasteiger charge is -2.46. The Morgan fingerprint density at radius 3 is 2.10 bits per heavy atom. The Morgan fingerprint density at radius 1 is 0.959 bits per heavy atom. The summed E-state index contributed by atoms with van der Waals surface area (Å²) in [6.07, 6.45) is -19.3. The topological polar surface area (TPSA) is 129 Å². The number of benzene rings is 2. The molecular weight excluding hydrogens is 679 g/mol. The lowest BCUT2D eigenvalue weighted by Crippen LogP contribution is -2.61. The maximum absolute atomic E-state index is 13.8. The standard InChI is InChI=1S/C30H33F9N6O4/c1-4-27(40)14-21(20-13-17(28(31,32)33)7-8-22(20)45(27)26(47)49-6-3)25-41-43-44(42-25)15-23(46)24(48-5-2)11-16-9-18(29(34,35)36)12-19(10-16)30(37,38)39/h7-10,12-13,21,23-24,46H,4-6,11,14-15,40H2,1-3H3/t21-,23?,24?,27+/m0/s1. The first-order valence-electron chi connectivity index (χ1n) is 15.0. The number of hydrogen-bond donors (Lipinski definition) is 2. The van der Waals surface area contributed by atoms with Gasteiger partial charge in [-0.15, -0.1) is 10.2 Å². The van der Waals surface area contributed by atoms with Gasteiger partial charge in [-0.2, -0.15) is 44.3 Å². The molecule has 0 radical (unpaired) electrons. The van der Waals surface area contributed by atoms with Crippen LogP contribution in [0.4, 0.5) is 50.0 Å². The number of carbonyl (C=O) groups is 1. The number of ether oxygens (including phenoxy) is 2. The van der Waals surface area contributed by atoms with Crippen LogP contribution in [0.1, 0.15) is 73.2 Å². The Kier molecular flexibility index (Phi) is 10.9. The quantitative estimate of drug-likeness (QED) is 0.235. The highest BCUT2D eigenvalue weighted by molar-refractivity contribution is 5.91. The van der Waals surface area contributed by atoms with E-state index in [9.17, 15) is 49.4 Å². The molecule has 0 spiro atoms. The third-order valence-electron chi connectivity index (χ3n) is 8.06. The Labute approximate surface area is 273 Å². The minimum atomic E-state index is -5.08. The van der Waals surface area contributed by atoms with E-state index in [0.29, 0.717) is 12.1 Å². The molecule has 4 rings (SSSR count). The van der Waals surface area contributed by atoms with E-state index in [2.05, 4.69) is 15.4 Å². The zero-order valence-electron chi connectivity index (χ0n) is 26.3. The minimum Gasteiger partial charge on any atom is -0.449 e. The van der Waals surface area contributed by atoms with Gasteiger partial charge >= 0.3 is 24.6 Å². The van der Waals surface area contributed by atoms with Crippen molar-refractivity contribution in [1.29, 1.82) is 0 Å². The van der Waals surface area contributed by atoms with Gasteiger partial charge < -0.3 is 20.3 Å². The summed E-state index contributed by atoms with van der Waals surface area (Å²) < 4.78 is 132. The van der Waals surface area contributed by atoms with Crippen LogP contribution in [0.3, 0.4) is 0 Å². The largest absolute Gasteiger partial charge is 0.449 e. The number of anilines is 1. The summed E-state index contributed by atoms with van der Waals surface area (Å²) in [7, 11) is 0. The highest BCUT2D eigenvalue weighted by atomic mass is 19.4. The van der Waals surface area contributed by atoms with Gasteiger partial charge in [-0.25, -0.2) is 4.79 Å². The molecule has 49 heavy (non-hydrogen) atoms. The third kappa shape index (κ3) is 8.43. The van der Waals surface area contributed by atoms with Gasteiger partial charge in [0.15, 0.2) is 5.82 Å². The zero-order valence-corrected chi connectivity index (χ0v) is 26.3. The van der Waals surface area contributed by atoms with E-state index >= 15 is 0 Å². The lowest BCUT2D eigenvalue weighted by molar-refractivity contribution is -0.143. The third-order valence-corrected chi connectivity index (χ3v) is 8.06. The van der Waals surface area contributed by atoms with E-state index < -0.39 is 83.6 Å². The van der Waals surface area contributed by atoms with Crippen molar-refractivity contribution in [2.45, 2.75) is 88.9 Å². The Morgan fingerprint density at radius 2 is 1.57 bits per heavy atom. The molecule has 0 aliphatic carbocycles. The van der Waals surface area contributed by atoms with Gasteiger partial charge in [-0.3, -0.25) is 4.90 Å². The molecule has 1 amide bonds. The van der Waals surface area contributed by atoms with Crippen molar-refractivity contribution in [2.75, 3.05) is 18.1 Å². The summed E-state index contributed by atoms with van der Waals surface area (Å²) in [5.74, 6) is -1.16. The number of nitrogens with two attached hydrogens (primary N) is 1. The SMILES string of the molecule is CCOC(=O)N1c2ccc(C(F)(F)F)cc2[C@@H](c2nnn(CC(O)C(Cc3cc(C(F)(F)F)cc(C(F)(F)F)c3)OCC)n2)C[C@@]1(N)CC. The van der Waals surface area contributed by atoms with E-state index in [1.165, 1.54) is 6.92 Å². The van der Waals surface area contributed by atoms with Crippen molar-refractivity contribution in [3.8, 4) is 0 Å². The summed E-state index contributed by atoms with van der Waals surface area (Å²) in [6, 6.07) is 3.77. The van der Waals surface area contributed by atoms with E-state index in [1.807, 2.05) is 0 Å². The highest BCUT2D eigenvalue weighted by Gasteiger charge is 2.47. The van der Waals surface area contributed by atoms with Gasteiger partial charge in [0, 0.05) is 13.0 Å². The number of rotatable bonds is 10. The number of amides is 1. The molecule has 2 aromatic carbocycles. The molecule has 1 aromatic heterocycles. The predicted octanol–water partition coefficient (Wildman–Crippen LogP) is 6.30. The van der Waals surface area contributed by atoms with Crippen LogP contribution in [-0.4, -0.2) is 62.5 Å². The first-order valence-corrected chi connectivity index (χ1v) is 15.0. The second-order valence-corrected chi connectivity index (χ2v) is 11.4. The van der Waals surface area contributed by atoms with Crippen molar-refractivity contribution < 1.29 is 58.9 Å². The predicted molar refractivity (Wildman–Crippen MR) is 154 cm³/mol. The van der Waals surface area contributed by atoms with Crippen LogP contribution < -0.4 is 10.6 Å². The van der Waals surface area contributed by atoms with Crippen LogP contribution in [0.2, 0.25) is 0 Å². The molecule has 0 saturated heterocycles. The number of aliphatic hydroxyl groups excluding tert-OH is 1. The summed E-state index contributed by atoms with van der Waals surface area (Å²) in [5.41, 5.74) is 0.699. The Bertz CT molecular complexity index is 1600. The van der Waals surface area contributed by atoms with Gasteiger partial charge in [0.25, 0.3) is 0 Å². The number of halogens is 9. The van der Waals surface area contributed by atoms with Crippen LogP contribution in [0.25, 0.3) is 0 Å². The van der Waals surface area contributed by atoms with Gasteiger partial charge in [0.05, 0.1) is 47.6 Å². The van der Waals surface area contributed by atoms with Gasteiger partial charge in [-0.1, -0.05) is 6.92 Å². The maximum Gasteiger partial charge on any atom is 0.416 e. The Hall–Kier alpha value is -3.97. The maximum atomic E-state index is 13.8. The molecule has 0 saturated carbocycles. The number of tetrazole rings is 1. The average Bonchev–Trinajstić information content (AvgIpc) is 3.47. The zero-order chi connectivity index (χ0) is 36.5. The molecule has 0 fully saturated rings. The number of fused-ring (bicyclic) bond motifs is 1. The van der Waals surface area contributed by atoms with Crippen molar-refractivity contribution in [3.05, 3.63) is 70.0 Å². The molecule has 270 valence electrons. The fraction of sp³-hybridized carbons (Fsp3) is 0.533. The second kappa shape index (κ2) is 14.1. The first kappa shape index (κ1) is 37.8. The number of nitrogens with zero attached hydrogens (tertiary/aromatic N) is 5. The van der Waals surface area contributed by atoms with Crippen molar-refractivity contribution in [2.24, 2.45) is 5.73 Å². The number of hydrogen-bond acceptors (Lipinski definition) is 8. The molecule has 2 heterocycles. The summed E-state index contributed by atoms with van der Waals surface area (Å²) in [5, 5.41) is 23.0. The van der Waals surface area contributed by atoms with Crippen LogP contribution in [0, 0.1) is 0 Å². The molecule has 1 aliphatic rings. The lowest BCUT2D eigenvalue weighted by atomic mass is 9.80. The Balaban J connectivity index is 1.67. The summed E-state index contributed by atoms with van der Waals surface area (Å²) >= 11 is 0. The number of aromatic nitrogens is 4. The van der Waals surface area contributed by atoms with Gasteiger partial charge in [-0.05, 0) is 79.4 Å². The first-order chi connectivity index (χ1) is 22.7. The summed E-state index contributed by atoms with van der Waals surface area (Å²) in [4.78, 5) is 14.9. The van der Waals surface area contributed by atoms with Crippen molar-refractivity contribution in [1.82, 2.24) is 20.2 Å². The van der Waals surface area contributed by atoms with E-state index in [0.717, 1.165) is 27.9 Å². The van der Waals surface area contributed by atoms with Crippen LogP contribution in [0.15, 0.2) is 36.4 Å². The molecule has 1 aliphatic heterocycles. The summed E-state index contributed by atoms with van der Waals surface area (Å²) in [6.45, 7) is 4.09. The second-order valence-electron chi connectivity index (χ2n) is 11.4. The molecule has 10 nitrogen and oxygen atoms in total. The van der Waals surface area contributed by atoms with Crippen LogP contribution in [0.5, 0.6) is 0 Å². The number of alkyl halides is 9. The molecule has 0 bridgehead atoms. The average molecular weight is 713 g/mol. The van der Waals surface area contributed by atoms with Crippen molar-refractivity contribution in [3.63, 3.8) is 0 Å². The van der Waals surface area contributed by atoms with Crippen LogP contribution in [-0.2, 0) is 41.0 Å². The molecule has 2 unspecified atom stereocenters. The van der Waals surface area contributed by atoms with E-state index in [4.69, 9.17) is 15.2 Å². The van der Waals surface area contributed by atoms with Crippen LogP contribution >= 0.6 is 0 Å². The van der Waals surface area contributed by atoms with E-state index in [1.54, 1.807) is 13.8 Å². The number of aliphatic hydroxyl groups is 1. The fourth-order valence-electron chi connectivity index (χ4n) is 5.66. The molecule has 4 atom stereocenters.